The van der Waals surface area contributed by atoms with Gasteiger partial charge in [-0.3, -0.25) is 0 Å². The van der Waals surface area contributed by atoms with Gasteiger partial charge in [0.05, 0.1) is 0 Å². The van der Waals surface area contributed by atoms with Gasteiger partial charge < -0.3 is 10.8 Å². The number of phenols is 1. The second kappa shape index (κ2) is 7.13. The van der Waals surface area contributed by atoms with Gasteiger partial charge in [-0.1, -0.05) is 51.1 Å². The summed E-state index contributed by atoms with van der Waals surface area (Å²) in [5, 5.41) is 10.0. The number of rotatable bonds is 2. The number of aromatic hydroxyl groups is 1. The van der Waals surface area contributed by atoms with Crippen LogP contribution in [-0.4, -0.2) is 5.11 Å². The van der Waals surface area contributed by atoms with Crippen molar-refractivity contribution in [2.45, 2.75) is 38.1 Å². The third kappa shape index (κ3) is 3.62. The van der Waals surface area contributed by atoms with Gasteiger partial charge in [0, 0.05) is 20.6 Å². The van der Waals surface area contributed by atoms with E-state index >= 15 is 0 Å². The molecule has 2 nitrogen and oxygen atoms in total. The fraction of sp³-hybridized carbons (Fsp3) is 0.538. The first kappa shape index (κ1) is 16.3. The van der Waals surface area contributed by atoms with Crippen molar-refractivity contribution in [3.8, 4) is 5.75 Å². The molecule has 0 spiro atoms. The van der Waals surface area contributed by atoms with Crippen molar-refractivity contribution in [1.82, 2.24) is 0 Å². The molecule has 3 N–H and O–H groups in total. The lowest BCUT2D eigenvalue weighted by Crippen LogP contribution is -2.24. The molecule has 102 valence electrons. The van der Waals surface area contributed by atoms with Crippen molar-refractivity contribution >= 4 is 44.3 Å². The highest BCUT2D eigenvalue weighted by Gasteiger charge is 2.25. The molecule has 1 aromatic carbocycles. The summed E-state index contributed by atoms with van der Waals surface area (Å²) in [7, 11) is 0. The van der Waals surface area contributed by atoms with Crippen LogP contribution in [0.4, 0.5) is 0 Å². The van der Waals surface area contributed by atoms with E-state index in [1.165, 1.54) is 32.1 Å². The zero-order valence-corrected chi connectivity index (χ0v) is 14.0. The predicted octanol–water partition coefficient (Wildman–Crippen LogP) is 4.92. The van der Waals surface area contributed by atoms with Crippen molar-refractivity contribution in [2.75, 3.05) is 0 Å². The van der Waals surface area contributed by atoms with Gasteiger partial charge in [-0.25, -0.2) is 0 Å². The lowest BCUT2D eigenvalue weighted by atomic mass is 9.81. The predicted molar refractivity (Wildman–Crippen MR) is 84.3 cm³/mol. The molecule has 0 saturated heterocycles. The smallest absolute Gasteiger partial charge is 0.122 e. The molecule has 1 saturated carbocycles. The van der Waals surface area contributed by atoms with Crippen molar-refractivity contribution in [3.63, 3.8) is 0 Å². The second-order valence-corrected chi connectivity index (χ2v) is 6.51. The fourth-order valence-electron chi connectivity index (χ4n) is 2.63. The molecular weight excluding hydrogens is 381 g/mol. The number of phenolic OH excluding ortho intramolecular Hbond substituents is 1. The van der Waals surface area contributed by atoms with Crippen LogP contribution < -0.4 is 5.73 Å². The molecule has 0 radical (unpaired) electrons. The first-order valence-corrected chi connectivity index (χ1v) is 7.61. The summed E-state index contributed by atoms with van der Waals surface area (Å²) in [6, 6.07) is 3.58. The number of benzene rings is 1. The largest absolute Gasteiger partial charge is 0.508 e. The quantitative estimate of drug-likeness (QED) is 0.741. The van der Waals surface area contributed by atoms with Crippen LogP contribution in [0.5, 0.6) is 5.75 Å². The highest BCUT2D eigenvalue weighted by Crippen LogP contribution is 2.40. The topological polar surface area (TPSA) is 46.2 Å². The number of halogens is 3. The van der Waals surface area contributed by atoms with E-state index in [0.717, 1.165) is 14.5 Å². The molecule has 0 aromatic heterocycles. The minimum absolute atomic E-state index is 0. The van der Waals surface area contributed by atoms with E-state index in [0.29, 0.717) is 5.92 Å². The van der Waals surface area contributed by atoms with Crippen LogP contribution in [0.15, 0.2) is 21.1 Å². The van der Waals surface area contributed by atoms with E-state index in [2.05, 4.69) is 31.9 Å². The van der Waals surface area contributed by atoms with E-state index in [-0.39, 0.29) is 24.2 Å². The van der Waals surface area contributed by atoms with Crippen LogP contribution in [0.2, 0.25) is 0 Å². The van der Waals surface area contributed by atoms with Gasteiger partial charge in [0.1, 0.15) is 5.75 Å². The molecule has 18 heavy (non-hydrogen) atoms. The number of nitrogens with two attached hydrogens (primary N) is 1. The van der Waals surface area contributed by atoms with Crippen molar-refractivity contribution < 1.29 is 5.11 Å². The molecule has 2 rings (SSSR count). The first-order valence-electron chi connectivity index (χ1n) is 6.03. The summed E-state index contributed by atoms with van der Waals surface area (Å²) in [5.74, 6) is 0.774. The Hall–Kier alpha value is 0.230. The Kier molecular flexibility index (Phi) is 6.45. The Labute approximate surface area is 131 Å². The summed E-state index contributed by atoms with van der Waals surface area (Å²) in [4.78, 5) is 0. The Balaban J connectivity index is 0.00000162. The Bertz CT molecular complexity index is 385. The zero-order chi connectivity index (χ0) is 12.4. The van der Waals surface area contributed by atoms with Crippen LogP contribution >= 0.6 is 44.3 Å². The molecule has 1 fully saturated rings. The Morgan fingerprint density at radius 3 is 2.33 bits per heavy atom. The molecule has 1 aromatic rings. The van der Waals surface area contributed by atoms with E-state index in [4.69, 9.17) is 5.73 Å². The molecule has 0 bridgehead atoms. The van der Waals surface area contributed by atoms with Crippen LogP contribution in [0.3, 0.4) is 0 Å². The van der Waals surface area contributed by atoms with Gasteiger partial charge >= 0.3 is 0 Å². The molecule has 1 atom stereocenters. The Morgan fingerprint density at radius 1 is 1.17 bits per heavy atom. The van der Waals surface area contributed by atoms with E-state index < -0.39 is 0 Å². The Morgan fingerprint density at radius 2 is 1.78 bits per heavy atom. The van der Waals surface area contributed by atoms with E-state index in [9.17, 15) is 5.11 Å². The normalized spacial score (nSPS) is 18.2. The van der Waals surface area contributed by atoms with E-state index in [1.54, 1.807) is 6.07 Å². The van der Waals surface area contributed by atoms with Crippen molar-refractivity contribution in [2.24, 2.45) is 11.7 Å². The fourth-order valence-corrected chi connectivity index (χ4v) is 4.10. The lowest BCUT2D eigenvalue weighted by Gasteiger charge is -2.28. The van der Waals surface area contributed by atoms with Gasteiger partial charge in [0.25, 0.3) is 0 Å². The number of hydrogen-bond acceptors (Lipinski definition) is 2. The highest BCUT2D eigenvalue weighted by molar-refractivity contribution is 9.11. The average molecular weight is 400 g/mol. The molecule has 1 aliphatic rings. The summed E-state index contributed by atoms with van der Waals surface area (Å²) in [6.45, 7) is 0. The highest BCUT2D eigenvalue weighted by atomic mass is 79.9. The molecule has 0 unspecified atom stereocenters. The van der Waals surface area contributed by atoms with Crippen LogP contribution in [0.25, 0.3) is 0 Å². The van der Waals surface area contributed by atoms with Crippen molar-refractivity contribution in [3.05, 3.63) is 26.6 Å². The average Bonchev–Trinajstić information content (AvgIpc) is 2.28. The second-order valence-electron chi connectivity index (χ2n) is 4.74. The molecule has 1 aliphatic carbocycles. The molecular formula is C13H18Br2ClNO. The third-order valence-corrected chi connectivity index (χ3v) is 4.68. The van der Waals surface area contributed by atoms with Crippen LogP contribution in [-0.2, 0) is 0 Å². The van der Waals surface area contributed by atoms with Crippen LogP contribution in [0, 0.1) is 5.92 Å². The maximum absolute atomic E-state index is 10.0. The van der Waals surface area contributed by atoms with Crippen LogP contribution in [0.1, 0.15) is 43.7 Å². The zero-order valence-electron chi connectivity index (χ0n) is 10.0. The summed E-state index contributed by atoms with van der Waals surface area (Å²) >= 11 is 6.86. The molecule has 0 amide bonds. The molecule has 0 heterocycles. The maximum Gasteiger partial charge on any atom is 0.122 e. The van der Waals surface area contributed by atoms with E-state index in [1.807, 2.05) is 6.07 Å². The SMILES string of the molecule is Cl.N[C@H](c1c(O)cc(Br)cc1Br)C1CCCCC1. The minimum Gasteiger partial charge on any atom is -0.508 e. The lowest BCUT2D eigenvalue weighted by molar-refractivity contribution is 0.302. The van der Waals surface area contributed by atoms with Gasteiger partial charge in [-0.2, -0.15) is 0 Å². The third-order valence-electron chi connectivity index (χ3n) is 3.56. The minimum atomic E-state index is -0.0715. The van der Waals surface area contributed by atoms with Crippen molar-refractivity contribution in [1.29, 1.82) is 0 Å². The summed E-state index contributed by atoms with van der Waals surface area (Å²) in [5.41, 5.74) is 7.16. The summed E-state index contributed by atoms with van der Waals surface area (Å²) < 4.78 is 1.75. The standard InChI is InChI=1S/C13H17Br2NO.ClH/c14-9-6-10(15)12(11(17)7-9)13(16)8-4-2-1-3-5-8;/h6-8,13,17H,1-5,16H2;1H/t13-;/m0./s1. The maximum atomic E-state index is 10.0. The van der Waals surface area contributed by atoms with Gasteiger partial charge in [0.2, 0.25) is 0 Å². The van der Waals surface area contributed by atoms with Gasteiger partial charge in [-0.05, 0) is 30.9 Å². The summed E-state index contributed by atoms with van der Waals surface area (Å²) in [6.07, 6.45) is 6.17. The molecule has 5 heteroatoms. The van der Waals surface area contributed by atoms with Gasteiger partial charge in [0.15, 0.2) is 0 Å². The first-order chi connectivity index (χ1) is 8.09. The number of hydrogen-bond donors (Lipinski definition) is 2. The van der Waals surface area contributed by atoms with Gasteiger partial charge in [-0.15, -0.1) is 12.4 Å². The monoisotopic (exact) mass is 397 g/mol. The molecule has 0 aliphatic heterocycles.